The van der Waals surface area contributed by atoms with E-state index in [1.807, 2.05) is 29.7 Å². The second-order valence-electron chi connectivity index (χ2n) is 4.19. The van der Waals surface area contributed by atoms with Crippen LogP contribution in [-0.4, -0.2) is 17.6 Å². The van der Waals surface area contributed by atoms with Crippen molar-refractivity contribution in [1.29, 1.82) is 0 Å². The molecule has 2 aromatic heterocycles. The molecule has 0 aliphatic rings. The Labute approximate surface area is 121 Å². The molecule has 0 spiro atoms. The fourth-order valence-electron chi connectivity index (χ4n) is 1.98. The van der Waals surface area contributed by atoms with Crippen molar-refractivity contribution < 1.29 is 0 Å². The number of halogens is 1. The number of aromatic nitrogens is 1. The van der Waals surface area contributed by atoms with Gasteiger partial charge in [-0.2, -0.15) is 0 Å². The molecule has 2 nitrogen and oxygen atoms in total. The summed E-state index contributed by atoms with van der Waals surface area (Å²) in [5, 5.41) is 3.54. The third-order valence-corrected chi connectivity index (χ3v) is 4.40. The van der Waals surface area contributed by atoms with Crippen LogP contribution in [0.1, 0.15) is 17.5 Å². The lowest BCUT2D eigenvalue weighted by Gasteiger charge is -2.16. The van der Waals surface area contributed by atoms with E-state index in [2.05, 4.69) is 51.4 Å². The SMILES string of the molecule is CCNC(Cc1ccccn1)Cc1ccc(Br)s1. The summed E-state index contributed by atoms with van der Waals surface area (Å²) in [6, 6.07) is 10.9. The van der Waals surface area contributed by atoms with Crippen LogP contribution in [0, 0.1) is 0 Å². The number of hydrogen-bond acceptors (Lipinski definition) is 3. The Balaban J connectivity index is 1.99. The second-order valence-corrected chi connectivity index (χ2v) is 6.74. The maximum atomic E-state index is 4.40. The Bertz CT molecular complexity index is 470. The third-order valence-electron chi connectivity index (χ3n) is 2.75. The molecule has 0 fully saturated rings. The van der Waals surface area contributed by atoms with Crippen LogP contribution < -0.4 is 5.32 Å². The average Bonchev–Trinajstić information content (AvgIpc) is 2.76. The molecule has 18 heavy (non-hydrogen) atoms. The number of nitrogens with zero attached hydrogens (tertiary/aromatic N) is 1. The molecule has 2 heterocycles. The molecule has 0 radical (unpaired) electrons. The number of pyridine rings is 1. The van der Waals surface area contributed by atoms with E-state index >= 15 is 0 Å². The monoisotopic (exact) mass is 324 g/mol. The zero-order chi connectivity index (χ0) is 12.8. The number of likely N-dealkylation sites (N-methyl/N-ethyl adjacent to an activating group) is 1. The Morgan fingerprint density at radius 2 is 2.17 bits per heavy atom. The van der Waals surface area contributed by atoms with E-state index in [1.165, 1.54) is 8.66 Å². The van der Waals surface area contributed by atoms with Gasteiger partial charge in [-0.1, -0.05) is 13.0 Å². The minimum atomic E-state index is 0.454. The van der Waals surface area contributed by atoms with E-state index in [4.69, 9.17) is 0 Å². The summed E-state index contributed by atoms with van der Waals surface area (Å²) < 4.78 is 1.20. The lowest BCUT2D eigenvalue weighted by atomic mass is 10.1. The van der Waals surface area contributed by atoms with Gasteiger partial charge in [0, 0.05) is 29.2 Å². The molecule has 0 aromatic carbocycles. The summed E-state index contributed by atoms with van der Waals surface area (Å²) in [6.45, 7) is 3.14. The second kappa shape index (κ2) is 7.02. The molecule has 0 aliphatic heterocycles. The van der Waals surface area contributed by atoms with E-state index in [9.17, 15) is 0 Å². The fourth-order valence-corrected chi connectivity index (χ4v) is 3.54. The molecule has 2 rings (SSSR count). The van der Waals surface area contributed by atoms with Crippen molar-refractivity contribution in [3.8, 4) is 0 Å². The van der Waals surface area contributed by atoms with Gasteiger partial charge < -0.3 is 5.32 Å². The van der Waals surface area contributed by atoms with Crippen LogP contribution in [0.4, 0.5) is 0 Å². The lowest BCUT2D eigenvalue weighted by molar-refractivity contribution is 0.519. The van der Waals surface area contributed by atoms with Crippen molar-refractivity contribution in [3.63, 3.8) is 0 Å². The molecule has 0 bridgehead atoms. The van der Waals surface area contributed by atoms with Crippen LogP contribution in [0.5, 0.6) is 0 Å². The van der Waals surface area contributed by atoms with Crippen LogP contribution >= 0.6 is 27.3 Å². The summed E-state index contributed by atoms with van der Waals surface area (Å²) in [4.78, 5) is 5.81. The predicted molar refractivity (Wildman–Crippen MR) is 81.1 cm³/mol. The van der Waals surface area contributed by atoms with Crippen molar-refractivity contribution >= 4 is 27.3 Å². The maximum Gasteiger partial charge on any atom is 0.0701 e. The molecule has 0 saturated carbocycles. The largest absolute Gasteiger partial charge is 0.314 e. The zero-order valence-corrected chi connectivity index (χ0v) is 12.8. The first-order chi connectivity index (χ1) is 8.78. The molecule has 1 N–H and O–H groups in total. The Morgan fingerprint density at radius 1 is 1.28 bits per heavy atom. The minimum Gasteiger partial charge on any atom is -0.314 e. The predicted octanol–water partition coefficient (Wildman–Crippen LogP) is 3.67. The number of nitrogens with one attached hydrogen (secondary N) is 1. The normalized spacial score (nSPS) is 12.6. The molecule has 1 atom stereocenters. The summed E-state index contributed by atoms with van der Waals surface area (Å²) in [6.07, 6.45) is 3.89. The van der Waals surface area contributed by atoms with Crippen LogP contribution in [0.25, 0.3) is 0 Å². The first-order valence-electron chi connectivity index (χ1n) is 6.15. The molecule has 96 valence electrons. The molecule has 0 amide bonds. The van der Waals surface area contributed by atoms with Gasteiger partial charge in [0.25, 0.3) is 0 Å². The van der Waals surface area contributed by atoms with Gasteiger partial charge >= 0.3 is 0 Å². The highest BCUT2D eigenvalue weighted by molar-refractivity contribution is 9.11. The lowest BCUT2D eigenvalue weighted by Crippen LogP contribution is -2.33. The molecule has 2 aromatic rings. The zero-order valence-electron chi connectivity index (χ0n) is 10.4. The quantitative estimate of drug-likeness (QED) is 0.876. The van der Waals surface area contributed by atoms with E-state index in [1.54, 1.807) is 0 Å². The van der Waals surface area contributed by atoms with Crippen molar-refractivity contribution in [2.45, 2.75) is 25.8 Å². The highest BCUT2D eigenvalue weighted by Gasteiger charge is 2.11. The van der Waals surface area contributed by atoms with Gasteiger partial charge in [0.15, 0.2) is 0 Å². The van der Waals surface area contributed by atoms with Crippen LogP contribution in [-0.2, 0) is 12.8 Å². The number of thiophene rings is 1. The van der Waals surface area contributed by atoms with Crippen molar-refractivity contribution in [1.82, 2.24) is 10.3 Å². The Kier molecular flexibility index (Phi) is 5.35. The van der Waals surface area contributed by atoms with Crippen LogP contribution in [0.3, 0.4) is 0 Å². The summed E-state index contributed by atoms with van der Waals surface area (Å²) in [5.74, 6) is 0. The van der Waals surface area contributed by atoms with E-state index in [0.29, 0.717) is 6.04 Å². The summed E-state index contributed by atoms with van der Waals surface area (Å²) in [5.41, 5.74) is 1.15. The first kappa shape index (κ1) is 13.7. The molecular formula is C14H17BrN2S. The molecule has 0 saturated heterocycles. The van der Waals surface area contributed by atoms with Gasteiger partial charge in [0.2, 0.25) is 0 Å². The van der Waals surface area contributed by atoms with Gasteiger partial charge in [-0.05, 0) is 53.2 Å². The third kappa shape index (κ3) is 4.19. The molecule has 0 aliphatic carbocycles. The standard InChI is InChI=1S/C14H17BrN2S/c1-2-16-12(9-11-5-3-4-8-17-11)10-13-6-7-14(15)18-13/h3-8,12,16H,2,9-10H2,1H3. The minimum absolute atomic E-state index is 0.454. The Morgan fingerprint density at radius 3 is 2.78 bits per heavy atom. The first-order valence-corrected chi connectivity index (χ1v) is 7.76. The number of rotatable bonds is 6. The van der Waals surface area contributed by atoms with Crippen molar-refractivity contribution in [2.24, 2.45) is 0 Å². The smallest absolute Gasteiger partial charge is 0.0701 e. The van der Waals surface area contributed by atoms with Gasteiger partial charge in [0.1, 0.15) is 0 Å². The van der Waals surface area contributed by atoms with Gasteiger partial charge in [-0.15, -0.1) is 11.3 Å². The van der Waals surface area contributed by atoms with E-state index < -0.39 is 0 Å². The summed E-state index contributed by atoms with van der Waals surface area (Å²) in [7, 11) is 0. The molecule has 4 heteroatoms. The Hall–Kier alpha value is -0.710. The molecule has 1 unspecified atom stereocenters. The average molecular weight is 325 g/mol. The van der Waals surface area contributed by atoms with Gasteiger partial charge in [-0.25, -0.2) is 0 Å². The topological polar surface area (TPSA) is 24.9 Å². The summed E-state index contributed by atoms with van der Waals surface area (Å²) >= 11 is 5.32. The fraction of sp³-hybridized carbons (Fsp3) is 0.357. The van der Waals surface area contributed by atoms with Crippen molar-refractivity contribution in [2.75, 3.05) is 6.54 Å². The highest BCUT2D eigenvalue weighted by Crippen LogP contribution is 2.23. The van der Waals surface area contributed by atoms with Crippen molar-refractivity contribution in [3.05, 3.63) is 50.9 Å². The maximum absolute atomic E-state index is 4.40. The van der Waals surface area contributed by atoms with E-state index in [0.717, 1.165) is 25.1 Å². The highest BCUT2D eigenvalue weighted by atomic mass is 79.9. The van der Waals surface area contributed by atoms with Gasteiger partial charge in [0.05, 0.1) is 3.79 Å². The van der Waals surface area contributed by atoms with Gasteiger partial charge in [-0.3, -0.25) is 4.98 Å². The number of hydrogen-bond donors (Lipinski definition) is 1. The molecular weight excluding hydrogens is 308 g/mol. The van der Waals surface area contributed by atoms with E-state index in [-0.39, 0.29) is 0 Å². The van der Waals surface area contributed by atoms with Crippen LogP contribution in [0.2, 0.25) is 0 Å². The van der Waals surface area contributed by atoms with Crippen LogP contribution in [0.15, 0.2) is 40.3 Å².